The fraction of sp³-hybridized carbons (Fsp3) is 0.433. The lowest BCUT2D eigenvalue weighted by Crippen LogP contribution is -2.49. The summed E-state index contributed by atoms with van der Waals surface area (Å²) in [5, 5.41) is 7.13. The van der Waals surface area contributed by atoms with Crippen molar-refractivity contribution in [1.29, 1.82) is 0 Å². The predicted molar refractivity (Wildman–Crippen MR) is 168 cm³/mol. The summed E-state index contributed by atoms with van der Waals surface area (Å²) in [6.45, 7) is 7.28. The molecular weight excluding hydrogens is 541 g/mol. The number of hydrogen-bond acceptors (Lipinski definition) is 7. The van der Waals surface area contributed by atoms with Crippen LogP contribution in [0.25, 0.3) is 0 Å². The molecule has 1 amide bonds. The Morgan fingerprint density at radius 2 is 1.73 bits per heavy atom. The van der Waals surface area contributed by atoms with E-state index in [0.717, 1.165) is 72.0 Å². The van der Waals surface area contributed by atoms with Crippen molar-refractivity contribution in [3.8, 4) is 5.75 Å². The number of rotatable bonds is 7. The monoisotopic (exact) mass is 578 g/mol. The predicted octanol–water partition coefficient (Wildman–Crippen LogP) is 5.15. The highest BCUT2D eigenvalue weighted by atomic mass is 32.1. The normalized spacial score (nSPS) is 16.1. The smallest absolute Gasteiger partial charge is 0.273 e. The topological polar surface area (TPSA) is 64.2 Å². The quantitative estimate of drug-likeness (QED) is 0.387. The van der Waals surface area contributed by atoms with E-state index in [1.54, 1.807) is 11.3 Å². The van der Waals surface area contributed by atoms with E-state index in [9.17, 15) is 4.79 Å². The summed E-state index contributed by atoms with van der Waals surface area (Å²) in [7, 11) is 4.06. The molecule has 1 N–H and O–H groups in total. The van der Waals surface area contributed by atoms with Crippen molar-refractivity contribution >= 4 is 51.6 Å². The molecule has 3 aromatic rings. The average Bonchev–Trinajstić information content (AvgIpc) is 3.48. The Hall–Kier alpha value is -3.37. The molecule has 0 unspecified atom stereocenters. The molecule has 2 saturated heterocycles. The van der Waals surface area contributed by atoms with E-state index in [0.29, 0.717) is 31.3 Å². The van der Waals surface area contributed by atoms with Gasteiger partial charge < -0.3 is 29.7 Å². The highest BCUT2D eigenvalue weighted by molar-refractivity contribution is 7.80. The summed E-state index contributed by atoms with van der Waals surface area (Å²) in [6, 6.07) is 16.4. The fourth-order valence-electron chi connectivity index (χ4n) is 5.26. The maximum Gasteiger partial charge on any atom is 0.273 e. The number of piperazine rings is 1. The number of amides is 1. The van der Waals surface area contributed by atoms with E-state index in [1.807, 2.05) is 49.5 Å². The van der Waals surface area contributed by atoms with Gasteiger partial charge in [0.25, 0.3) is 5.91 Å². The minimum atomic E-state index is 0.0309. The number of anilines is 3. The number of piperidine rings is 1. The first-order chi connectivity index (χ1) is 19.4. The summed E-state index contributed by atoms with van der Waals surface area (Å²) >= 11 is 7.31. The van der Waals surface area contributed by atoms with E-state index in [1.165, 1.54) is 0 Å². The molecule has 0 bridgehead atoms. The number of carbonyl (C=O) groups is 1. The Morgan fingerprint density at radius 3 is 2.40 bits per heavy atom. The molecule has 8 nitrogen and oxygen atoms in total. The number of nitrogens with one attached hydrogen (secondary N) is 1. The van der Waals surface area contributed by atoms with Gasteiger partial charge in [-0.3, -0.25) is 4.79 Å². The lowest BCUT2D eigenvalue weighted by atomic mass is 9.98. The van der Waals surface area contributed by atoms with Crippen molar-refractivity contribution in [1.82, 2.24) is 14.8 Å². The van der Waals surface area contributed by atoms with Crippen LogP contribution in [0.4, 0.5) is 17.1 Å². The van der Waals surface area contributed by atoms with E-state index in [4.69, 9.17) is 21.9 Å². The number of para-hydroxylation sites is 2. The van der Waals surface area contributed by atoms with Gasteiger partial charge in [0.1, 0.15) is 11.4 Å². The zero-order valence-electron chi connectivity index (χ0n) is 23.5. The maximum absolute atomic E-state index is 13.3. The van der Waals surface area contributed by atoms with Crippen LogP contribution in [-0.4, -0.2) is 85.8 Å². The summed E-state index contributed by atoms with van der Waals surface area (Å²) in [6.07, 6.45) is 1.95. The second-order valence-corrected chi connectivity index (χ2v) is 11.7. The maximum atomic E-state index is 13.3. The van der Waals surface area contributed by atoms with Gasteiger partial charge in [0, 0.05) is 76.0 Å². The molecule has 0 saturated carbocycles. The molecule has 2 aromatic carbocycles. The minimum absolute atomic E-state index is 0.0309. The Morgan fingerprint density at radius 1 is 1.02 bits per heavy atom. The molecule has 0 spiro atoms. The van der Waals surface area contributed by atoms with Gasteiger partial charge in [0.15, 0.2) is 5.11 Å². The second-order valence-electron chi connectivity index (χ2n) is 10.4. The third-order valence-electron chi connectivity index (χ3n) is 7.58. The van der Waals surface area contributed by atoms with E-state index < -0.39 is 0 Å². The van der Waals surface area contributed by atoms with Crippen molar-refractivity contribution in [3.63, 3.8) is 0 Å². The first kappa shape index (κ1) is 28.2. The lowest BCUT2D eigenvalue weighted by Gasteiger charge is -2.36. The molecule has 0 atom stereocenters. The Kier molecular flexibility index (Phi) is 9.06. The third kappa shape index (κ3) is 6.50. The number of likely N-dealkylation sites (tertiary alicyclic amines) is 1. The molecule has 5 rings (SSSR count). The molecule has 2 aliphatic heterocycles. The van der Waals surface area contributed by atoms with Crippen LogP contribution in [0, 0.1) is 0 Å². The number of ether oxygens (including phenoxy) is 1. The zero-order valence-corrected chi connectivity index (χ0v) is 25.1. The molecule has 1 aromatic heterocycles. The van der Waals surface area contributed by atoms with Gasteiger partial charge in [-0.15, -0.1) is 11.3 Å². The summed E-state index contributed by atoms with van der Waals surface area (Å²) < 4.78 is 5.81. The number of nitrogens with zero attached hydrogens (tertiary/aromatic N) is 5. The molecular formula is C30H38N6O2S2. The molecule has 40 heavy (non-hydrogen) atoms. The fourth-order valence-corrected chi connectivity index (χ4v) is 6.52. The number of carbonyl (C=O) groups excluding carboxylic acids is 1. The summed E-state index contributed by atoms with van der Waals surface area (Å²) in [4.78, 5) is 26.6. The first-order valence-electron chi connectivity index (χ1n) is 14.0. The minimum Gasteiger partial charge on any atom is -0.492 e. The average molecular weight is 579 g/mol. The van der Waals surface area contributed by atoms with Crippen molar-refractivity contribution in [2.75, 3.05) is 75.1 Å². The standard InChI is InChI=1S/C30H38N6O2S2/c1-4-38-27-8-6-5-7-26(27)34-17-19-35(20-18-34)29(37)25-21-40-28(32-25)22-13-15-36(16-14-22)30(39)31-23-9-11-24(12-10-23)33(2)3/h5-12,21-22H,4,13-20H2,1-3H3,(H,31,39). The molecule has 10 heteroatoms. The van der Waals surface area contributed by atoms with Gasteiger partial charge in [-0.05, 0) is 68.4 Å². The largest absolute Gasteiger partial charge is 0.492 e. The van der Waals surface area contributed by atoms with Gasteiger partial charge >= 0.3 is 0 Å². The lowest BCUT2D eigenvalue weighted by molar-refractivity contribution is 0.0741. The first-order valence-corrected chi connectivity index (χ1v) is 15.3. The Balaban J connectivity index is 1.11. The third-order valence-corrected chi connectivity index (χ3v) is 8.95. The number of thiazole rings is 1. The van der Waals surface area contributed by atoms with Crippen molar-refractivity contribution in [2.24, 2.45) is 0 Å². The van der Waals surface area contributed by atoms with E-state index >= 15 is 0 Å². The van der Waals surface area contributed by atoms with Crippen LogP contribution in [0.15, 0.2) is 53.9 Å². The van der Waals surface area contributed by atoms with Gasteiger partial charge in [0.2, 0.25) is 0 Å². The molecule has 3 heterocycles. The number of thiocarbonyl (C=S) groups is 1. The van der Waals surface area contributed by atoms with Crippen molar-refractivity contribution in [3.05, 3.63) is 64.6 Å². The Labute approximate surface area is 246 Å². The zero-order chi connectivity index (χ0) is 28.1. The Bertz CT molecular complexity index is 1300. The number of aromatic nitrogens is 1. The van der Waals surface area contributed by atoms with Crippen LogP contribution in [0.5, 0.6) is 5.75 Å². The van der Waals surface area contributed by atoms with Crippen molar-refractivity contribution < 1.29 is 9.53 Å². The van der Waals surface area contributed by atoms with Crippen LogP contribution in [-0.2, 0) is 0 Å². The number of hydrogen-bond donors (Lipinski definition) is 1. The molecule has 2 aliphatic rings. The molecule has 2 fully saturated rings. The molecule has 0 radical (unpaired) electrons. The second kappa shape index (κ2) is 12.9. The molecule has 212 valence electrons. The van der Waals surface area contributed by atoms with Crippen LogP contribution >= 0.6 is 23.6 Å². The van der Waals surface area contributed by atoms with Crippen LogP contribution < -0.4 is 19.9 Å². The van der Waals surface area contributed by atoms with E-state index in [-0.39, 0.29) is 5.91 Å². The summed E-state index contributed by atoms with van der Waals surface area (Å²) in [5.41, 5.74) is 3.82. The molecule has 0 aliphatic carbocycles. The number of benzene rings is 2. The van der Waals surface area contributed by atoms with E-state index in [2.05, 4.69) is 50.3 Å². The van der Waals surface area contributed by atoms with Crippen LogP contribution in [0.1, 0.15) is 41.2 Å². The highest BCUT2D eigenvalue weighted by Gasteiger charge is 2.28. The van der Waals surface area contributed by atoms with Gasteiger partial charge in [-0.25, -0.2) is 4.98 Å². The van der Waals surface area contributed by atoms with Crippen LogP contribution in [0.2, 0.25) is 0 Å². The summed E-state index contributed by atoms with van der Waals surface area (Å²) in [5.74, 6) is 1.29. The highest BCUT2D eigenvalue weighted by Crippen LogP contribution is 2.32. The van der Waals surface area contributed by atoms with Crippen molar-refractivity contribution in [2.45, 2.75) is 25.7 Å². The van der Waals surface area contributed by atoms with Crippen LogP contribution in [0.3, 0.4) is 0 Å². The van der Waals surface area contributed by atoms with Gasteiger partial charge in [0.05, 0.1) is 17.3 Å². The SMILES string of the molecule is CCOc1ccccc1N1CCN(C(=O)c2csc(C3CCN(C(=S)Nc4ccc(N(C)C)cc4)CC3)n2)CC1. The van der Waals surface area contributed by atoms with Gasteiger partial charge in [-0.2, -0.15) is 0 Å². The van der Waals surface area contributed by atoms with Gasteiger partial charge in [-0.1, -0.05) is 12.1 Å².